The molecule has 9 nitrogen and oxygen atoms in total. The number of benzene rings is 2. The number of rotatable bonds is 6. The van der Waals surface area contributed by atoms with E-state index in [2.05, 4.69) is 24.0 Å². The fourth-order valence-electron chi connectivity index (χ4n) is 5.61. The van der Waals surface area contributed by atoms with Crippen molar-refractivity contribution in [2.75, 3.05) is 19.6 Å². The van der Waals surface area contributed by atoms with Crippen molar-refractivity contribution in [2.24, 2.45) is 10.8 Å². The summed E-state index contributed by atoms with van der Waals surface area (Å²) in [4.78, 5) is 41.1. The van der Waals surface area contributed by atoms with Gasteiger partial charge in [0.05, 0.1) is 12.1 Å². The summed E-state index contributed by atoms with van der Waals surface area (Å²) in [5.41, 5.74) is -1.20. The molecule has 6 atom stereocenters. The summed E-state index contributed by atoms with van der Waals surface area (Å²) in [6.45, 7) is 19.3. The molecule has 2 aromatic carbocycles. The lowest BCUT2D eigenvalue weighted by Crippen LogP contribution is -2.44. The van der Waals surface area contributed by atoms with Gasteiger partial charge in [-0.3, -0.25) is 19.3 Å². The Labute approximate surface area is 268 Å². The molecule has 2 saturated heterocycles. The third kappa shape index (κ3) is 8.51. The summed E-state index contributed by atoms with van der Waals surface area (Å²) < 4.78 is 10.9. The van der Waals surface area contributed by atoms with Gasteiger partial charge in [-0.05, 0) is 80.4 Å². The zero-order valence-corrected chi connectivity index (χ0v) is 28.5. The molecular formula is C36H52N2O7. The van der Waals surface area contributed by atoms with Crippen LogP contribution in [0, 0.1) is 10.8 Å². The number of esters is 2. The van der Waals surface area contributed by atoms with Gasteiger partial charge in [0.2, 0.25) is 0 Å². The van der Waals surface area contributed by atoms with Crippen molar-refractivity contribution >= 4 is 17.8 Å². The van der Waals surface area contributed by atoms with Gasteiger partial charge in [-0.2, -0.15) is 0 Å². The number of nitrogens with zero attached hydrogens (tertiary/aromatic N) is 2. The summed E-state index contributed by atoms with van der Waals surface area (Å²) >= 11 is 0. The van der Waals surface area contributed by atoms with Crippen LogP contribution >= 0.6 is 0 Å². The van der Waals surface area contributed by atoms with E-state index in [4.69, 9.17) is 9.47 Å². The Balaban J connectivity index is 0.000000246. The van der Waals surface area contributed by atoms with Crippen molar-refractivity contribution in [1.82, 2.24) is 9.80 Å². The van der Waals surface area contributed by atoms with Crippen molar-refractivity contribution in [2.45, 2.75) is 105 Å². The molecule has 45 heavy (non-hydrogen) atoms. The lowest BCUT2D eigenvalue weighted by molar-refractivity contribution is -0.172. The maximum absolute atomic E-state index is 12.5. The average molecular weight is 625 g/mol. The molecule has 2 heterocycles. The van der Waals surface area contributed by atoms with E-state index in [1.54, 1.807) is 39.5 Å². The third-order valence-electron chi connectivity index (χ3n) is 8.60. The van der Waals surface area contributed by atoms with Crippen molar-refractivity contribution in [1.29, 1.82) is 0 Å². The van der Waals surface area contributed by atoms with Gasteiger partial charge in [-0.15, -0.1) is 0 Å². The first kappa shape index (κ1) is 36.2. The molecule has 9 heteroatoms. The topological polar surface area (TPSA) is 117 Å². The second-order valence-electron chi connectivity index (χ2n) is 14.8. The Hall–Kier alpha value is -3.27. The molecule has 0 aliphatic carbocycles. The zero-order valence-electron chi connectivity index (χ0n) is 28.5. The van der Waals surface area contributed by atoms with E-state index in [9.17, 15) is 24.6 Å². The lowest BCUT2D eigenvalue weighted by Gasteiger charge is -2.30. The maximum atomic E-state index is 12.5. The van der Waals surface area contributed by atoms with Crippen molar-refractivity contribution in [3.8, 4) is 0 Å². The molecule has 2 aromatic rings. The maximum Gasteiger partial charge on any atom is 0.317 e. The number of hydrogen-bond donors (Lipinski definition) is 2. The number of amides is 1. The van der Waals surface area contributed by atoms with E-state index < -0.39 is 46.1 Å². The minimum absolute atomic E-state index is 0.137. The molecule has 0 saturated carbocycles. The fraction of sp³-hybridized carbons (Fsp3) is 0.583. The SMILES string of the molecule is C[C@H](c1ccccc1)N1CC(O)[C@](C)(C(=O)OC(C)(C)C)C1.C[C@H](c1ccccc1)N1C[C@@](C)(C(=O)OC(C)(C)C)C(O)C1=O. The fourth-order valence-corrected chi connectivity index (χ4v) is 5.61. The second kappa shape index (κ2) is 13.6. The van der Waals surface area contributed by atoms with E-state index in [1.165, 1.54) is 5.56 Å². The van der Waals surface area contributed by atoms with E-state index in [-0.39, 0.29) is 24.6 Å². The van der Waals surface area contributed by atoms with Crippen molar-refractivity contribution in [3.63, 3.8) is 0 Å². The first-order valence-electron chi connectivity index (χ1n) is 15.7. The zero-order chi connectivity index (χ0) is 34.0. The number of β-amino-alcohol motifs (C(OH)–C–C–N with tert-alkyl or cyclic N) is 1. The largest absolute Gasteiger partial charge is 0.459 e. The molecule has 0 spiro atoms. The normalized spacial score (nSPS) is 26.9. The molecule has 2 aliphatic heterocycles. The minimum Gasteiger partial charge on any atom is -0.459 e. The number of carbonyl (C=O) groups is 3. The minimum atomic E-state index is -1.39. The summed E-state index contributed by atoms with van der Waals surface area (Å²) in [5.74, 6) is -1.31. The van der Waals surface area contributed by atoms with Crippen LogP contribution in [0.1, 0.15) is 92.4 Å². The summed E-state index contributed by atoms with van der Waals surface area (Å²) in [6.07, 6.45) is -2.10. The van der Waals surface area contributed by atoms with Crippen LogP contribution in [-0.4, -0.2) is 80.9 Å². The highest BCUT2D eigenvalue weighted by atomic mass is 16.6. The summed E-state index contributed by atoms with van der Waals surface area (Å²) in [6, 6.07) is 19.6. The van der Waals surface area contributed by atoms with Gasteiger partial charge in [0.15, 0.2) is 6.10 Å². The van der Waals surface area contributed by atoms with Gasteiger partial charge in [0, 0.05) is 25.7 Å². The van der Waals surface area contributed by atoms with Gasteiger partial charge in [0.1, 0.15) is 22.0 Å². The Morgan fingerprint density at radius 2 is 1.18 bits per heavy atom. The standard InChI is InChI=1S/C18H25NO4.C18H27NO3/c1-12(13-9-7-6-8-10-13)19-11-18(5,14(20)15(19)21)16(22)23-17(2,3)4;1-13(14-9-7-6-8-10-14)19-11-15(20)18(5,12-19)16(21)22-17(2,3)4/h6-10,12,14,20H,11H2,1-5H3;6-10,13,15,20H,11-12H2,1-5H3/t12-,14?,18-;13-,15?,18-/m11/s1. The van der Waals surface area contributed by atoms with Crippen molar-refractivity contribution < 1.29 is 34.1 Å². The molecule has 1 amide bonds. The van der Waals surface area contributed by atoms with E-state index in [0.717, 1.165) is 5.56 Å². The van der Waals surface area contributed by atoms with E-state index in [0.29, 0.717) is 13.1 Å². The third-order valence-corrected chi connectivity index (χ3v) is 8.60. The Morgan fingerprint density at radius 3 is 1.62 bits per heavy atom. The summed E-state index contributed by atoms with van der Waals surface area (Å²) in [5, 5.41) is 20.8. The van der Waals surface area contributed by atoms with Crippen LogP contribution in [-0.2, 0) is 23.9 Å². The van der Waals surface area contributed by atoms with E-state index >= 15 is 0 Å². The molecule has 0 bridgehead atoms. The number of aliphatic hydroxyl groups excluding tert-OH is 2. The molecule has 248 valence electrons. The quantitative estimate of drug-likeness (QED) is 0.428. The smallest absolute Gasteiger partial charge is 0.317 e. The van der Waals surface area contributed by atoms with Crippen LogP contribution in [0.5, 0.6) is 0 Å². The predicted octanol–water partition coefficient (Wildman–Crippen LogP) is 5.07. The molecular weight excluding hydrogens is 572 g/mol. The van der Waals surface area contributed by atoms with Gasteiger partial charge in [0.25, 0.3) is 5.91 Å². The first-order valence-corrected chi connectivity index (χ1v) is 15.7. The Bertz CT molecular complexity index is 1320. The molecule has 4 rings (SSSR count). The molecule has 0 radical (unpaired) electrons. The monoisotopic (exact) mass is 624 g/mol. The predicted molar refractivity (Wildman–Crippen MR) is 173 cm³/mol. The van der Waals surface area contributed by atoms with Gasteiger partial charge >= 0.3 is 11.9 Å². The first-order chi connectivity index (χ1) is 20.7. The summed E-state index contributed by atoms with van der Waals surface area (Å²) in [7, 11) is 0. The highest BCUT2D eigenvalue weighted by Gasteiger charge is 2.56. The molecule has 2 unspecified atom stereocenters. The number of ether oxygens (including phenoxy) is 2. The molecule has 2 N–H and O–H groups in total. The van der Waals surface area contributed by atoms with Crippen LogP contribution in [0.15, 0.2) is 60.7 Å². The highest BCUT2D eigenvalue weighted by Crippen LogP contribution is 2.39. The van der Waals surface area contributed by atoms with Crippen molar-refractivity contribution in [3.05, 3.63) is 71.8 Å². The van der Waals surface area contributed by atoms with Crippen LogP contribution < -0.4 is 0 Å². The Kier molecular flexibility index (Phi) is 10.9. The number of aliphatic hydroxyl groups is 2. The lowest BCUT2D eigenvalue weighted by atomic mass is 9.87. The number of hydrogen-bond acceptors (Lipinski definition) is 8. The molecule has 2 fully saturated rings. The highest BCUT2D eigenvalue weighted by molar-refractivity contribution is 5.93. The van der Waals surface area contributed by atoms with Crippen LogP contribution in [0.25, 0.3) is 0 Å². The molecule has 0 aromatic heterocycles. The van der Waals surface area contributed by atoms with Crippen LogP contribution in [0.2, 0.25) is 0 Å². The second-order valence-corrected chi connectivity index (χ2v) is 14.8. The number of likely N-dealkylation sites (tertiary alicyclic amines) is 2. The van der Waals surface area contributed by atoms with Gasteiger partial charge in [-0.1, -0.05) is 60.7 Å². The molecule has 2 aliphatic rings. The Morgan fingerprint density at radius 1 is 0.756 bits per heavy atom. The van der Waals surface area contributed by atoms with Crippen LogP contribution in [0.4, 0.5) is 0 Å². The van der Waals surface area contributed by atoms with Gasteiger partial charge in [-0.25, -0.2) is 0 Å². The van der Waals surface area contributed by atoms with E-state index in [1.807, 2.05) is 76.2 Å². The number of carbonyl (C=O) groups excluding carboxylic acids is 3. The van der Waals surface area contributed by atoms with Gasteiger partial charge < -0.3 is 24.6 Å². The van der Waals surface area contributed by atoms with Crippen LogP contribution in [0.3, 0.4) is 0 Å². The average Bonchev–Trinajstić information content (AvgIpc) is 3.40.